The molecule has 3 aliphatic rings. The second-order valence-corrected chi connectivity index (χ2v) is 10.0. The van der Waals surface area contributed by atoms with E-state index in [1.165, 1.54) is 11.1 Å². The molecule has 3 aromatic rings. The Kier molecular flexibility index (Phi) is 5.06. The molecule has 2 aromatic heterocycles. The number of aliphatic hydroxyl groups is 1. The number of halogens is 1. The lowest BCUT2D eigenvalue weighted by atomic mass is 9.66. The molecule has 0 spiro atoms. The summed E-state index contributed by atoms with van der Waals surface area (Å²) in [4.78, 5) is 37.3. The van der Waals surface area contributed by atoms with Crippen LogP contribution in [0.2, 0.25) is 5.02 Å². The first-order valence-electron chi connectivity index (χ1n) is 11.6. The number of nitriles is 1. The Bertz CT molecular complexity index is 1460. The maximum Gasteiger partial charge on any atom is 0.240 e. The summed E-state index contributed by atoms with van der Waals surface area (Å²) >= 11 is 5.88. The van der Waals surface area contributed by atoms with Gasteiger partial charge in [0.05, 0.1) is 51.9 Å². The van der Waals surface area contributed by atoms with Gasteiger partial charge in [-0.3, -0.25) is 14.6 Å². The van der Waals surface area contributed by atoms with Crippen LogP contribution in [0.25, 0.3) is 10.9 Å². The van der Waals surface area contributed by atoms with E-state index in [-0.39, 0.29) is 25.4 Å². The van der Waals surface area contributed by atoms with Gasteiger partial charge in [-0.25, -0.2) is 9.88 Å². The van der Waals surface area contributed by atoms with E-state index < -0.39 is 35.0 Å². The van der Waals surface area contributed by atoms with E-state index in [9.17, 15) is 20.0 Å². The fraction of sp³-hybridized carbons (Fsp3) is 0.346. The number of carbonyl (C=O) groups excluding carboxylic acids is 2. The van der Waals surface area contributed by atoms with Gasteiger partial charge in [0.25, 0.3) is 0 Å². The van der Waals surface area contributed by atoms with Crippen LogP contribution in [-0.4, -0.2) is 50.8 Å². The molecule has 9 nitrogen and oxygen atoms in total. The van der Waals surface area contributed by atoms with Gasteiger partial charge in [0.15, 0.2) is 0 Å². The van der Waals surface area contributed by atoms with Crippen molar-refractivity contribution in [3.8, 4) is 11.9 Å². The van der Waals surface area contributed by atoms with Gasteiger partial charge in [-0.15, -0.1) is 0 Å². The van der Waals surface area contributed by atoms with Gasteiger partial charge in [0, 0.05) is 36.7 Å². The standard InChI is InChI=1S/C26H21ClN4O5/c1-25-18(32)11-26(36-25,8-10-35-19-7-5-15(27)13-30-19)21-20(25)23(33)31(24(21)34)17-6-4-14(12-28)22-16(17)3-2-9-29-22/h2-7,9,13,18,20-21,32H,8,10-11H2,1H3/t18-,20-,21?,25?,26?/m0/s1. The van der Waals surface area contributed by atoms with Gasteiger partial charge in [-0.1, -0.05) is 11.6 Å². The smallest absolute Gasteiger partial charge is 0.240 e. The molecule has 36 heavy (non-hydrogen) atoms. The SMILES string of the molecule is CC12OC(CCOc3ccc(Cl)cn3)(C[C@@H]1O)C1C(=O)N(c3ccc(C#N)c4ncccc34)C(=O)[C@H]12. The Labute approximate surface area is 211 Å². The second kappa shape index (κ2) is 7.96. The Morgan fingerprint density at radius 3 is 2.78 bits per heavy atom. The van der Waals surface area contributed by atoms with E-state index in [0.717, 1.165) is 0 Å². The van der Waals surface area contributed by atoms with Crippen LogP contribution in [0.5, 0.6) is 5.88 Å². The minimum Gasteiger partial charge on any atom is -0.478 e. The number of pyridine rings is 2. The van der Waals surface area contributed by atoms with Crippen LogP contribution in [0, 0.1) is 23.2 Å². The summed E-state index contributed by atoms with van der Waals surface area (Å²) in [5, 5.41) is 21.4. The number of fused-ring (bicyclic) bond motifs is 6. The number of aromatic nitrogens is 2. The largest absolute Gasteiger partial charge is 0.478 e. The number of hydrogen-bond acceptors (Lipinski definition) is 8. The van der Waals surface area contributed by atoms with Crippen molar-refractivity contribution in [2.75, 3.05) is 11.5 Å². The number of ether oxygens (including phenoxy) is 2. The van der Waals surface area contributed by atoms with E-state index in [4.69, 9.17) is 21.1 Å². The fourth-order valence-electron chi connectivity index (χ4n) is 6.08. The van der Waals surface area contributed by atoms with Crippen molar-refractivity contribution < 1.29 is 24.2 Å². The van der Waals surface area contributed by atoms with Gasteiger partial charge >= 0.3 is 0 Å². The summed E-state index contributed by atoms with van der Waals surface area (Å²) in [6, 6.07) is 12.0. The number of carbonyl (C=O) groups is 2. The zero-order chi connectivity index (χ0) is 25.2. The number of imide groups is 1. The van der Waals surface area contributed by atoms with Crippen molar-refractivity contribution in [2.45, 2.75) is 37.1 Å². The summed E-state index contributed by atoms with van der Waals surface area (Å²) in [5.41, 5.74) is -1.13. The molecule has 0 saturated carbocycles. The molecule has 2 bridgehead atoms. The molecule has 5 heterocycles. The maximum atomic E-state index is 13.9. The molecule has 182 valence electrons. The van der Waals surface area contributed by atoms with Gasteiger partial charge in [0.1, 0.15) is 11.7 Å². The highest BCUT2D eigenvalue weighted by atomic mass is 35.5. The summed E-state index contributed by atoms with van der Waals surface area (Å²) in [6.07, 6.45) is 2.62. The topological polar surface area (TPSA) is 126 Å². The Morgan fingerprint density at radius 2 is 2.03 bits per heavy atom. The number of hydrogen-bond donors (Lipinski definition) is 1. The van der Waals surface area contributed by atoms with Crippen molar-refractivity contribution in [1.82, 2.24) is 9.97 Å². The molecule has 0 radical (unpaired) electrons. The van der Waals surface area contributed by atoms with E-state index in [1.54, 1.807) is 49.5 Å². The van der Waals surface area contributed by atoms with Crippen LogP contribution in [0.1, 0.15) is 25.3 Å². The van der Waals surface area contributed by atoms with Gasteiger partial charge < -0.3 is 14.6 Å². The zero-order valence-corrected chi connectivity index (χ0v) is 20.0. The summed E-state index contributed by atoms with van der Waals surface area (Å²) in [6.45, 7) is 1.87. The first-order valence-corrected chi connectivity index (χ1v) is 11.9. The molecule has 1 N–H and O–H groups in total. The number of rotatable bonds is 5. The molecule has 1 aromatic carbocycles. The van der Waals surface area contributed by atoms with Crippen LogP contribution < -0.4 is 9.64 Å². The van der Waals surface area contributed by atoms with Gasteiger partial charge in [-0.05, 0) is 37.3 Å². The lowest BCUT2D eigenvalue weighted by molar-refractivity contribution is -0.134. The fourth-order valence-corrected chi connectivity index (χ4v) is 6.19. The highest BCUT2D eigenvalue weighted by Gasteiger charge is 2.77. The van der Waals surface area contributed by atoms with Crippen LogP contribution >= 0.6 is 11.6 Å². The highest BCUT2D eigenvalue weighted by molar-refractivity contribution is 6.30. The van der Waals surface area contributed by atoms with Crippen molar-refractivity contribution in [3.63, 3.8) is 0 Å². The van der Waals surface area contributed by atoms with Gasteiger partial charge in [0.2, 0.25) is 17.7 Å². The first kappa shape index (κ1) is 22.9. The quantitative estimate of drug-likeness (QED) is 0.525. The Balaban J connectivity index is 1.35. The maximum absolute atomic E-state index is 13.9. The molecule has 0 aliphatic carbocycles. The van der Waals surface area contributed by atoms with Crippen molar-refractivity contribution in [3.05, 3.63) is 59.4 Å². The van der Waals surface area contributed by atoms with E-state index >= 15 is 0 Å². The third-order valence-corrected chi connectivity index (χ3v) is 7.92. The molecule has 3 saturated heterocycles. The van der Waals surface area contributed by atoms with Crippen molar-refractivity contribution in [1.29, 1.82) is 5.26 Å². The van der Waals surface area contributed by atoms with Crippen LogP contribution in [0.15, 0.2) is 48.8 Å². The number of anilines is 1. The van der Waals surface area contributed by atoms with Crippen LogP contribution in [-0.2, 0) is 14.3 Å². The molecule has 10 heteroatoms. The number of benzene rings is 1. The predicted molar refractivity (Wildman–Crippen MR) is 128 cm³/mol. The minimum atomic E-state index is -1.20. The number of nitrogens with zero attached hydrogens (tertiary/aromatic N) is 4. The molecule has 5 atom stereocenters. The number of amides is 2. The molecular formula is C26H21ClN4O5. The summed E-state index contributed by atoms with van der Waals surface area (Å²) in [5.74, 6) is -2.06. The Hall–Kier alpha value is -3.58. The molecule has 2 amide bonds. The van der Waals surface area contributed by atoms with Crippen molar-refractivity contribution in [2.24, 2.45) is 11.8 Å². The van der Waals surface area contributed by atoms with Crippen LogP contribution in [0.3, 0.4) is 0 Å². The van der Waals surface area contributed by atoms with E-state index in [2.05, 4.69) is 16.0 Å². The molecule has 3 unspecified atom stereocenters. The predicted octanol–water partition coefficient (Wildman–Crippen LogP) is 3.02. The first-order chi connectivity index (χ1) is 17.3. The lowest BCUT2D eigenvalue weighted by Gasteiger charge is -2.33. The molecular weight excluding hydrogens is 484 g/mol. The summed E-state index contributed by atoms with van der Waals surface area (Å²) < 4.78 is 12.1. The third kappa shape index (κ3) is 3.08. The highest BCUT2D eigenvalue weighted by Crippen LogP contribution is 2.62. The Morgan fingerprint density at radius 1 is 1.22 bits per heavy atom. The monoisotopic (exact) mass is 504 g/mol. The molecule has 6 rings (SSSR count). The zero-order valence-electron chi connectivity index (χ0n) is 19.2. The van der Waals surface area contributed by atoms with E-state index in [0.29, 0.717) is 33.1 Å². The van der Waals surface area contributed by atoms with Gasteiger partial charge in [-0.2, -0.15) is 5.26 Å². The van der Waals surface area contributed by atoms with Crippen LogP contribution in [0.4, 0.5) is 5.69 Å². The average Bonchev–Trinajstić information content (AvgIpc) is 3.41. The molecule has 3 fully saturated rings. The minimum absolute atomic E-state index is 0.172. The normalized spacial score (nSPS) is 30.6. The number of aliphatic hydroxyl groups excluding tert-OH is 1. The lowest BCUT2D eigenvalue weighted by Crippen LogP contribution is -2.49. The molecule has 3 aliphatic heterocycles. The summed E-state index contributed by atoms with van der Waals surface area (Å²) in [7, 11) is 0. The van der Waals surface area contributed by atoms with E-state index in [1.807, 2.05) is 0 Å². The average molecular weight is 505 g/mol. The van der Waals surface area contributed by atoms with Crippen molar-refractivity contribution >= 4 is 40.0 Å². The third-order valence-electron chi connectivity index (χ3n) is 7.70. The second-order valence-electron chi connectivity index (χ2n) is 9.59.